The number of rotatable bonds is 8. The molecule has 0 saturated carbocycles. The van der Waals surface area contributed by atoms with Crippen molar-refractivity contribution in [3.8, 4) is 24.7 Å². The summed E-state index contributed by atoms with van der Waals surface area (Å²) in [6.07, 6.45) is 14.6. The molecule has 0 radical (unpaired) electrons. The fraction of sp³-hybridized carbons (Fsp3) is 0.417. The number of nitrogens with zero attached hydrogens (tertiary/aromatic N) is 3. The molecule has 2 unspecified atom stereocenters. The summed E-state index contributed by atoms with van der Waals surface area (Å²) in [4.78, 5) is 26.0. The Bertz CT molecular complexity index is 986. The van der Waals surface area contributed by atoms with Gasteiger partial charge in [0.15, 0.2) is 5.41 Å². The smallest absolute Gasteiger partial charge is 0.246 e. The summed E-state index contributed by atoms with van der Waals surface area (Å²) in [5.41, 5.74) is 6.32. The summed E-state index contributed by atoms with van der Waals surface area (Å²) >= 11 is 0. The highest BCUT2D eigenvalue weighted by molar-refractivity contribution is 6.10. The quantitative estimate of drug-likeness (QED) is 0.291. The molecule has 1 aromatic heterocycles. The molecule has 1 heterocycles. The number of carbonyl (C=O) groups excluding carboxylic acids is 1. The van der Waals surface area contributed by atoms with E-state index in [4.69, 9.17) is 23.3 Å². The number of nitrogens with one attached hydrogen (secondary N) is 1. The molecule has 0 aliphatic carbocycles. The molecule has 0 aliphatic rings. The molecule has 164 valence electrons. The predicted octanol–water partition coefficient (Wildman–Crippen LogP) is 2.94. The molecule has 1 aromatic rings. The first-order valence-corrected chi connectivity index (χ1v) is 9.80. The van der Waals surface area contributed by atoms with Gasteiger partial charge >= 0.3 is 0 Å². The van der Waals surface area contributed by atoms with E-state index in [1.807, 2.05) is 33.8 Å². The van der Waals surface area contributed by atoms with Crippen LogP contribution < -0.4 is 11.1 Å². The van der Waals surface area contributed by atoms with Crippen LogP contribution in [0, 0.1) is 44.0 Å². The van der Waals surface area contributed by atoms with Crippen LogP contribution in [0.15, 0.2) is 34.7 Å². The number of hydrogen-bond donors (Lipinski definition) is 2. The molecule has 7 nitrogen and oxygen atoms in total. The van der Waals surface area contributed by atoms with Crippen molar-refractivity contribution in [3.05, 3.63) is 46.9 Å². The molecule has 0 spiro atoms. The Balaban J connectivity index is 3.25. The van der Waals surface area contributed by atoms with Gasteiger partial charge in [0.2, 0.25) is 11.5 Å². The summed E-state index contributed by atoms with van der Waals surface area (Å²) in [7, 11) is 0. The highest BCUT2D eigenvalue weighted by Crippen LogP contribution is 2.28. The van der Waals surface area contributed by atoms with Gasteiger partial charge in [-0.15, -0.1) is 12.8 Å². The van der Waals surface area contributed by atoms with Crippen LogP contribution in [0.5, 0.6) is 0 Å². The third kappa shape index (κ3) is 6.20. The lowest BCUT2D eigenvalue weighted by molar-refractivity contribution is -0.125. The number of amidine groups is 1. The highest BCUT2D eigenvalue weighted by Gasteiger charge is 2.38. The van der Waals surface area contributed by atoms with E-state index < -0.39 is 16.9 Å². The summed E-state index contributed by atoms with van der Waals surface area (Å²) < 4.78 is 5.68. The van der Waals surface area contributed by atoms with Gasteiger partial charge < -0.3 is 15.8 Å². The molecule has 0 aliphatic heterocycles. The van der Waals surface area contributed by atoms with Gasteiger partial charge in [-0.3, -0.25) is 4.79 Å². The van der Waals surface area contributed by atoms with Gasteiger partial charge in [-0.25, -0.2) is 15.0 Å². The Morgan fingerprint density at radius 2 is 1.84 bits per heavy atom. The Labute approximate surface area is 185 Å². The van der Waals surface area contributed by atoms with Gasteiger partial charge in [-0.05, 0) is 60.1 Å². The molecule has 2 atom stereocenters. The van der Waals surface area contributed by atoms with E-state index in [1.54, 1.807) is 19.9 Å². The molecule has 3 N–H and O–H groups in total. The van der Waals surface area contributed by atoms with Crippen LogP contribution in [0.4, 0.5) is 0 Å². The minimum Gasteiger partial charge on any atom is -0.477 e. The van der Waals surface area contributed by atoms with E-state index in [0.29, 0.717) is 11.5 Å². The normalized spacial score (nSPS) is 15.2. The third-order valence-electron chi connectivity index (χ3n) is 4.56. The number of aromatic nitrogens is 2. The highest BCUT2D eigenvalue weighted by atomic mass is 16.5. The van der Waals surface area contributed by atoms with Crippen LogP contribution in [-0.2, 0) is 16.1 Å². The van der Waals surface area contributed by atoms with Gasteiger partial charge in [-0.2, -0.15) is 0 Å². The Morgan fingerprint density at radius 1 is 1.26 bits per heavy atom. The molecule has 31 heavy (non-hydrogen) atoms. The first-order chi connectivity index (χ1) is 14.4. The SMILES string of the molecule is C#CC(C)(O/C=C\C)C(/N=C(/N)C(C)(C#C)C(=O)NCc1nc(C)cc(C)n1)=C(C)C. The number of nitrogens with two attached hydrogens (primary N) is 1. The molecule has 0 bridgehead atoms. The Hall–Kier alpha value is -3.58. The van der Waals surface area contributed by atoms with E-state index >= 15 is 0 Å². The lowest BCUT2D eigenvalue weighted by atomic mass is 9.88. The van der Waals surface area contributed by atoms with Crippen LogP contribution in [0.1, 0.15) is 51.8 Å². The van der Waals surface area contributed by atoms with Crippen molar-refractivity contribution in [2.45, 2.75) is 60.6 Å². The van der Waals surface area contributed by atoms with E-state index in [2.05, 4.69) is 32.1 Å². The lowest BCUT2D eigenvalue weighted by Gasteiger charge is -2.28. The van der Waals surface area contributed by atoms with Gasteiger partial charge in [-0.1, -0.05) is 17.9 Å². The number of hydrogen-bond acceptors (Lipinski definition) is 5. The summed E-state index contributed by atoms with van der Waals surface area (Å²) in [6, 6.07) is 1.85. The van der Waals surface area contributed by atoms with Gasteiger partial charge in [0.1, 0.15) is 11.7 Å². The summed E-state index contributed by atoms with van der Waals surface area (Å²) in [5, 5.41) is 2.75. The number of ether oxygens (including phenoxy) is 1. The molecule has 0 aromatic carbocycles. The van der Waals surface area contributed by atoms with Crippen LogP contribution >= 0.6 is 0 Å². The van der Waals surface area contributed by atoms with E-state index in [0.717, 1.165) is 17.0 Å². The number of terminal acetylenes is 2. The van der Waals surface area contributed by atoms with Crippen LogP contribution in [0.25, 0.3) is 0 Å². The second-order valence-corrected chi connectivity index (χ2v) is 7.63. The minimum absolute atomic E-state index is 0.0735. The molecule has 1 amide bonds. The van der Waals surface area contributed by atoms with Crippen molar-refractivity contribution in [1.82, 2.24) is 15.3 Å². The third-order valence-corrected chi connectivity index (χ3v) is 4.56. The topological polar surface area (TPSA) is 102 Å². The van der Waals surface area contributed by atoms with Gasteiger partial charge in [0.05, 0.1) is 18.5 Å². The van der Waals surface area contributed by atoms with Crippen molar-refractivity contribution in [3.63, 3.8) is 0 Å². The van der Waals surface area contributed by atoms with Crippen molar-refractivity contribution in [2.24, 2.45) is 16.1 Å². The zero-order valence-electron chi connectivity index (χ0n) is 19.3. The number of aryl methyl sites for hydroxylation is 2. The maximum atomic E-state index is 13.0. The standard InChI is InChI=1S/C24H31N5O2/c1-10-13-31-24(9,12-3)20(16(4)5)29-21(25)23(8,11-2)22(30)26-15-19-27-17(6)14-18(7)28-19/h2-3,10,13-14H,15H2,1,4-9H3,(H2,25,29)(H,26,30)/b13-10-. The maximum Gasteiger partial charge on any atom is 0.246 e. The van der Waals surface area contributed by atoms with E-state index in [9.17, 15) is 4.79 Å². The summed E-state index contributed by atoms with van der Waals surface area (Å²) in [6.45, 7) is 12.5. The number of carbonyl (C=O) groups is 1. The lowest BCUT2D eigenvalue weighted by Crippen LogP contribution is -2.47. The largest absolute Gasteiger partial charge is 0.477 e. The first kappa shape index (κ1) is 25.5. The van der Waals surface area contributed by atoms with Gasteiger partial charge in [0, 0.05) is 11.4 Å². The molecule has 1 rings (SSSR count). The fourth-order valence-electron chi connectivity index (χ4n) is 2.76. The molecular weight excluding hydrogens is 390 g/mol. The minimum atomic E-state index is -1.52. The van der Waals surface area contributed by atoms with Crippen LogP contribution in [0.2, 0.25) is 0 Å². The Morgan fingerprint density at radius 3 is 2.29 bits per heavy atom. The Kier molecular flexibility index (Phi) is 8.58. The molecule has 0 fully saturated rings. The maximum absolute atomic E-state index is 13.0. The van der Waals surface area contributed by atoms with Gasteiger partial charge in [0.25, 0.3) is 0 Å². The molecular formula is C24H31N5O2. The van der Waals surface area contributed by atoms with Crippen molar-refractivity contribution < 1.29 is 9.53 Å². The second kappa shape index (κ2) is 10.4. The van der Waals surface area contributed by atoms with Crippen LogP contribution in [0.3, 0.4) is 0 Å². The summed E-state index contributed by atoms with van der Waals surface area (Å²) in [5.74, 6) is 4.96. The average Bonchev–Trinajstić information content (AvgIpc) is 2.72. The monoisotopic (exact) mass is 421 g/mol. The van der Waals surface area contributed by atoms with Crippen molar-refractivity contribution in [1.29, 1.82) is 0 Å². The molecule has 7 heteroatoms. The fourth-order valence-corrected chi connectivity index (χ4v) is 2.76. The second-order valence-electron chi connectivity index (χ2n) is 7.63. The average molecular weight is 422 g/mol. The zero-order chi connectivity index (χ0) is 23.8. The number of aliphatic imine (C=N–C) groups is 1. The first-order valence-electron chi connectivity index (χ1n) is 9.80. The predicted molar refractivity (Wildman–Crippen MR) is 123 cm³/mol. The number of amides is 1. The van der Waals surface area contributed by atoms with E-state index in [1.165, 1.54) is 13.2 Å². The van der Waals surface area contributed by atoms with Crippen molar-refractivity contribution >= 4 is 11.7 Å². The molecule has 0 saturated heterocycles. The van der Waals surface area contributed by atoms with Crippen LogP contribution in [-0.4, -0.2) is 27.3 Å². The van der Waals surface area contributed by atoms with E-state index in [-0.39, 0.29) is 12.4 Å². The number of allylic oxidation sites excluding steroid dienone is 2. The van der Waals surface area contributed by atoms with Crippen molar-refractivity contribution in [2.75, 3.05) is 0 Å². The zero-order valence-corrected chi connectivity index (χ0v) is 19.3.